The van der Waals surface area contributed by atoms with Gasteiger partial charge in [-0.3, -0.25) is 9.59 Å². The fourth-order valence-corrected chi connectivity index (χ4v) is 10.5. The van der Waals surface area contributed by atoms with E-state index >= 15 is 0 Å². The number of rotatable bonds is 18. The third-order valence-electron chi connectivity index (χ3n) is 15.2. The Hall–Kier alpha value is -2.30. The first-order valence-corrected chi connectivity index (χ1v) is 26.2. The summed E-state index contributed by atoms with van der Waals surface area (Å²) in [6, 6.07) is -3.51. The van der Waals surface area contributed by atoms with Gasteiger partial charge < -0.3 is 164 Å². The summed E-state index contributed by atoms with van der Waals surface area (Å²) in [5, 5.41) is 200. The maximum atomic E-state index is 13.2. The zero-order valence-electron chi connectivity index (χ0n) is 44.2. The van der Waals surface area contributed by atoms with Gasteiger partial charge in [-0.15, -0.1) is 0 Å². The van der Waals surface area contributed by atoms with Crippen LogP contribution in [0.4, 0.5) is 0 Å². The molecule has 7 rings (SSSR count). The monoisotopic (exact) mass is 1190 g/mol. The molecule has 0 saturated carbocycles. The predicted octanol–water partition coefficient (Wildman–Crippen LogP) is -12.9. The van der Waals surface area contributed by atoms with Crippen LogP contribution in [0, 0.1) is 0 Å². The van der Waals surface area contributed by atoms with Crippen LogP contribution in [0.1, 0.15) is 34.6 Å². The number of ether oxygens (including phenoxy) is 13. The zero-order valence-corrected chi connectivity index (χ0v) is 44.2. The molecular weight excluding hydrogens is 1110 g/mol. The second kappa shape index (κ2) is 28.0. The van der Waals surface area contributed by atoms with Gasteiger partial charge in [-0.2, -0.15) is 0 Å². The Balaban J connectivity index is 1.20. The van der Waals surface area contributed by atoms with Gasteiger partial charge in [0.1, 0.15) is 152 Å². The smallest absolute Gasteiger partial charge is 0.217 e. The van der Waals surface area contributed by atoms with E-state index < -0.39 is 253 Å². The average Bonchev–Trinajstić information content (AvgIpc) is 3.49. The molecule has 7 aliphatic rings. The van der Waals surface area contributed by atoms with Crippen molar-refractivity contribution in [2.24, 2.45) is 0 Å². The number of nitrogens with one attached hydrogen (secondary N) is 2. The molecule has 7 heterocycles. The van der Waals surface area contributed by atoms with E-state index in [9.17, 15) is 102 Å². The van der Waals surface area contributed by atoms with E-state index in [0.717, 1.165) is 13.8 Å². The van der Waals surface area contributed by atoms with Gasteiger partial charge in [0, 0.05) is 13.8 Å². The minimum absolute atomic E-state index is 0.822. The molecule has 35 nitrogen and oxygen atoms in total. The van der Waals surface area contributed by atoms with Crippen LogP contribution in [0.5, 0.6) is 0 Å². The van der Waals surface area contributed by atoms with E-state index in [2.05, 4.69) is 10.6 Å². The summed E-state index contributed by atoms with van der Waals surface area (Å²) in [6.07, 6.45) is -60.7. The maximum absolute atomic E-state index is 13.2. The summed E-state index contributed by atoms with van der Waals surface area (Å²) in [5.41, 5.74) is 0. The summed E-state index contributed by atoms with van der Waals surface area (Å²) in [6.45, 7) is 2.02. The molecule has 470 valence electrons. The lowest BCUT2D eigenvalue weighted by molar-refractivity contribution is -0.394. The minimum atomic E-state index is -2.13. The summed E-state index contributed by atoms with van der Waals surface area (Å²) < 4.78 is 76.7. The molecule has 0 bridgehead atoms. The van der Waals surface area contributed by atoms with Crippen molar-refractivity contribution in [3.8, 4) is 0 Å². The van der Waals surface area contributed by atoms with Gasteiger partial charge in [-0.25, -0.2) is 0 Å². The van der Waals surface area contributed by atoms with Gasteiger partial charge in [-0.1, -0.05) is 0 Å². The fourth-order valence-electron chi connectivity index (χ4n) is 10.5. The molecule has 20 N–H and O–H groups in total. The van der Waals surface area contributed by atoms with E-state index in [1.165, 1.54) is 20.8 Å². The molecule has 0 aromatic heterocycles. The van der Waals surface area contributed by atoms with Crippen molar-refractivity contribution in [3.05, 3.63) is 0 Å². The van der Waals surface area contributed by atoms with Gasteiger partial charge >= 0.3 is 0 Å². The first kappa shape index (κ1) is 66.2. The number of aliphatic hydroxyl groups excluding tert-OH is 18. The van der Waals surface area contributed by atoms with Crippen LogP contribution in [-0.4, -0.2) is 345 Å². The molecule has 0 spiro atoms. The van der Waals surface area contributed by atoms with Gasteiger partial charge in [0.25, 0.3) is 0 Å². The van der Waals surface area contributed by atoms with Gasteiger partial charge in [-0.05, 0) is 20.8 Å². The first-order valence-electron chi connectivity index (χ1n) is 26.2. The normalized spacial score (nSPS) is 51.8. The van der Waals surface area contributed by atoms with Crippen molar-refractivity contribution < 1.29 is 163 Å². The summed E-state index contributed by atoms with van der Waals surface area (Å²) in [4.78, 5) is 25.7. The second-order valence-electron chi connectivity index (χ2n) is 21.0. The van der Waals surface area contributed by atoms with Crippen LogP contribution in [-0.2, 0) is 71.2 Å². The van der Waals surface area contributed by atoms with E-state index in [0.29, 0.717) is 0 Å². The van der Waals surface area contributed by atoms with Crippen molar-refractivity contribution in [2.45, 2.75) is 249 Å². The van der Waals surface area contributed by atoms with Gasteiger partial charge in [0.15, 0.2) is 44.0 Å². The second-order valence-corrected chi connectivity index (χ2v) is 21.0. The highest BCUT2D eigenvalue weighted by Crippen LogP contribution is 2.38. The quantitative estimate of drug-likeness (QED) is 0.0606. The Morgan fingerprint density at radius 1 is 0.346 bits per heavy atom. The molecule has 2 amide bonds. The van der Waals surface area contributed by atoms with Crippen LogP contribution in [0.25, 0.3) is 0 Å². The van der Waals surface area contributed by atoms with E-state index in [1.807, 2.05) is 0 Å². The van der Waals surface area contributed by atoms with Crippen LogP contribution in [0.15, 0.2) is 0 Å². The van der Waals surface area contributed by atoms with Crippen LogP contribution >= 0.6 is 0 Å². The lowest BCUT2D eigenvalue weighted by Crippen LogP contribution is -2.71. The van der Waals surface area contributed by atoms with Crippen LogP contribution < -0.4 is 10.6 Å². The molecule has 7 fully saturated rings. The molecule has 35 heteroatoms. The Kier molecular flexibility index (Phi) is 22.9. The Morgan fingerprint density at radius 3 is 1.10 bits per heavy atom. The standard InChI is InChI=1S/C46H78N2O33/c1-10-21(54)27(60)32(65)42(70-10)79-37-20(48-14(5)53)41(76-17(8-51)35(37)77-45-38(30(63)24(57)15(6-49)74-45)80-43-33(66)28(61)22(55)11(2)71-43)69-9-18-26(59)36(19(40(68)73-18)47-13(4)52)78-46-39(31(64)25(58)16(7-50)75-46)81-44-34(67)29(62)23(56)12(3)72-44/h10-12,15-46,49-51,54-68H,6-9H2,1-5H3,(H,47,52)(H,48,53)/t10-,11-,12-,15+,16+,17+,18+,19+,20+,21+,22+,23+,24-,25-,26-,27+,28+,29+,30-,31-,32-,33-,34-,35+,36+,37+,38+,39+,40-,41+,42-,43-,44-,45-,46-/m0/s1. The molecule has 0 aromatic carbocycles. The van der Waals surface area contributed by atoms with E-state index in [1.54, 1.807) is 0 Å². The highest BCUT2D eigenvalue weighted by molar-refractivity contribution is 5.73. The van der Waals surface area contributed by atoms with Gasteiger partial charge in [0.05, 0.1) is 44.7 Å². The zero-order chi connectivity index (χ0) is 59.8. The number of aliphatic hydroxyl groups is 18. The number of carbonyl (C=O) groups is 2. The molecular formula is C46H78N2O33. The Bertz CT molecular complexity index is 2010. The molecule has 0 aliphatic carbocycles. The topological polar surface area (TPSA) is 542 Å². The molecule has 81 heavy (non-hydrogen) atoms. The van der Waals surface area contributed by atoms with Crippen molar-refractivity contribution in [3.63, 3.8) is 0 Å². The first-order chi connectivity index (χ1) is 38.1. The Morgan fingerprint density at radius 2 is 0.704 bits per heavy atom. The largest absolute Gasteiger partial charge is 0.394 e. The van der Waals surface area contributed by atoms with Crippen LogP contribution in [0.2, 0.25) is 0 Å². The lowest BCUT2D eigenvalue weighted by Gasteiger charge is -2.51. The molecule has 7 saturated heterocycles. The minimum Gasteiger partial charge on any atom is -0.394 e. The van der Waals surface area contributed by atoms with Gasteiger partial charge in [0.2, 0.25) is 11.8 Å². The molecule has 0 aromatic rings. The SMILES string of the molecule is CC(=O)N[C@@H]1[C@@H](O[C@@H]2O[C@H](CO)[C@H](O)[C@H](O)[C@H]2O[C@@H]2O[C@@H](C)[C@@H](O)[C@@H](O)[C@@H]2O)[C@@H](O)[C@@H](CO[C@@H]2O[C@H](CO)[C@@H](O[C@@H]3O[C@H](CO)[C@H](O)[C@H](O)[C@H]3O[C@@H]3O[C@@H](C)[C@@H](O)[C@@H](O)[C@@H]3O)[C@H](O[C@@H]3O[C@@H](C)[C@@H](O)[C@@H](O)[C@@H]3O)[C@H]2NC(C)=O)O[C@@H]1O. The third-order valence-corrected chi connectivity index (χ3v) is 15.2. The number of carbonyl (C=O) groups excluding carboxylic acids is 2. The molecule has 0 radical (unpaired) electrons. The molecule has 35 atom stereocenters. The molecule has 0 unspecified atom stereocenters. The predicted molar refractivity (Wildman–Crippen MR) is 251 cm³/mol. The van der Waals surface area contributed by atoms with Crippen molar-refractivity contribution in [1.82, 2.24) is 10.6 Å². The number of amides is 2. The highest BCUT2D eigenvalue weighted by atomic mass is 16.8. The summed E-state index contributed by atoms with van der Waals surface area (Å²) >= 11 is 0. The third kappa shape index (κ3) is 14.3. The van der Waals surface area contributed by atoms with Crippen molar-refractivity contribution in [2.75, 3.05) is 26.4 Å². The fraction of sp³-hybridized carbons (Fsp3) is 0.957. The van der Waals surface area contributed by atoms with Crippen LogP contribution in [0.3, 0.4) is 0 Å². The lowest BCUT2D eigenvalue weighted by atomic mass is 9.94. The van der Waals surface area contributed by atoms with E-state index in [4.69, 9.17) is 61.6 Å². The van der Waals surface area contributed by atoms with E-state index in [-0.39, 0.29) is 0 Å². The number of hydrogen-bond acceptors (Lipinski definition) is 33. The van der Waals surface area contributed by atoms with Crippen molar-refractivity contribution in [1.29, 1.82) is 0 Å². The summed E-state index contributed by atoms with van der Waals surface area (Å²) in [7, 11) is 0. The Labute approximate surface area is 460 Å². The maximum Gasteiger partial charge on any atom is 0.217 e. The molecule has 7 aliphatic heterocycles. The van der Waals surface area contributed by atoms with Crippen molar-refractivity contribution >= 4 is 11.8 Å². The summed E-state index contributed by atoms with van der Waals surface area (Å²) in [5.74, 6) is -1.69. The number of hydrogen-bond donors (Lipinski definition) is 20. The average molecular weight is 1190 g/mol. The highest BCUT2D eigenvalue weighted by Gasteiger charge is 2.59.